The van der Waals surface area contributed by atoms with Crippen LogP contribution >= 0.6 is 11.3 Å². The van der Waals surface area contributed by atoms with E-state index >= 15 is 0 Å². The van der Waals surface area contributed by atoms with Crippen molar-refractivity contribution in [2.75, 3.05) is 6.61 Å². The fourth-order valence-corrected chi connectivity index (χ4v) is 3.36. The molecule has 0 radical (unpaired) electrons. The van der Waals surface area contributed by atoms with Gasteiger partial charge in [-0.2, -0.15) is 0 Å². The lowest BCUT2D eigenvalue weighted by molar-refractivity contribution is 0.111. The Morgan fingerprint density at radius 1 is 1.39 bits per heavy atom. The van der Waals surface area contributed by atoms with Crippen molar-refractivity contribution < 1.29 is 4.74 Å². The van der Waals surface area contributed by atoms with Crippen molar-refractivity contribution in [3.05, 3.63) is 16.1 Å². The molecular formula is C14H24N2OS. The molecule has 102 valence electrons. The molecule has 1 aromatic heterocycles. The largest absolute Gasteiger partial charge is 0.371 e. The number of hydrogen-bond acceptors (Lipinski definition) is 4. The lowest BCUT2D eigenvalue weighted by Crippen LogP contribution is -2.36. The van der Waals surface area contributed by atoms with Gasteiger partial charge in [0.2, 0.25) is 0 Å². The summed E-state index contributed by atoms with van der Waals surface area (Å²) < 4.78 is 5.69. The molecule has 1 fully saturated rings. The van der Waals surface area contributed by atoms with Gasteiger partial charge in [0.15, 0.2) is 0 Å². The molecule has 1 atom stereocenters. The normalized spacial score (nSPS) is 20.5. The average molecular weight is 268 g/mol. The first-order valence-corrected chi connectivity index (χ1v) is 7.77. The van der Waals surface area contributed by atoms with Gasteiger partial charge in [0.1, 0.15) is 11.1 Å². The molecule has 0 spiro atoms. The van der Waals surface area contributed by atoms with Crippen molar-refractivity contribution >= 4 is 11.3 Å². The van der Waals surface area contributed by atoms with Crippen LogP contribution in [0.3, 0.4) is 0 Å². The third kappa shape index (κ3) is 3.31. The molecule has 2 rings (SSSR count). The SMILES string of the molecule is CC(C)N(Cc1csc([C@@H]2CCCO2)n1)C(C)C. The molecular weight excluding hydrogens is 244 g/mol. The van der Waals surface area contributed by atoms with Gasteiger partial charge in [-0.1, -0.05) is 0 Å². The van der Waals surface area contributed by atoms with Gasteiger partial charge in [0.05, 0.1) is 5.69 Å². The topological polar surface area (TPSA) is 25.4 Å². The van der Waals surface area contributed by atoms with E-state index < -0.39 is 0 Å². The van der Waals surface area contributed by atoms with Crippen LogP contribution in [0, 0.1) is 0 Å². The molecule has 1 aromatic rings. The highest BCUT2D eigenvalue weighted by molar-refractivity contribution is 7.09. The fourth-order valence-electron chi connectivity index (χ4n) is 2.46. The summed E-state index contributed by atoms with van der Waals surface area (Å²) in [5, 5.41) is 3.35. The first kappa shape index (κ1) is 14.0. The Bertz CT molecular complexity index is 362. The molecule has 1 aliphatic heterocycles. The average Bonchev–Trinajstić information content (AvgIpc) is 2.95. The third-order valence-corrected chi connectivity index (χ3v) is 4.43. The van der Waals surface area contributed by atoms with Gasteiger partial charge < -0.3 is 4.74 Å². The number of nitrogens with zero attached hydrogens (tertiary/aromatic N) is 2. The Morgan fingerprint density at radius 3 is 2.67 bits per heavy atom. The van der Waals surface area contributed by atoms with E-state index in [1.807, 2.05) is 0 Å². The first-order chi connectivity index (χ1) is 8.58. The molecule has 0 aliphatic carbocycles. The third-order valence-electron chi connectivity index (χ3n) is 3.45. The van der Waals surface area contributed by atoms with Crippen LogP contribution in [0.1, 0.15) is 57.3 Å². The minimum absolute atomic E-state index is 0.260. The van der Waals surface area contributed by atoms with E-state index in [9.17, 15) is 0 Å². The predicted molar refractivity (Wildman–Crippen MR) is 75.9 cm³/mol. The summed E-state index contributed by atoms with van der Waals surface area (Å²) in [5.74, 6) is 0. The summed E-state index contributed by atoms with van der Waals surface area (Å²) in [5.41, 5.74) is 1.19. The highest BCUT2D eigenvalue weighted by Gasteiger charge is 2.22. The van der Waals surface area contributed by atoms with E-state index in [2.05, 4.69) is 38.0 Å². The monoisotopic (exact) mass is 268 g/mol. The van der Waals surface area contributed by atoms with Crippen molar-refractivity contribution in [1.82, 2.24) is 9.88 Å². The maximum atomic E-state index is 5.69. The van der Waals surface area contributed by atoms with E-state index in [1.165, 1.54) is 12.1 Å². The number of ether oxygens (including phenoxy) is 1. The van der Waals surface area contributed by atoms with Gasteiger partial charge in [-0.15, -0.1) is 11.3 Å². The van der Waals surface area contributed by atoms with Crippen LogP contribution in [0.5, 0.6) is 0 Å². The van der Waals surface area contributed by atoms with Gasteiger partial charge >= 0.3 is 0 Å². The molecule has 3 nitrogen and oxygen atoms in total. The molecule has 0 unspecified atom stereocenters. The van der Waals surface area contributed by atoms with Crippen molar-refractivity contribution in [2.24, 2.45) is 0 Å². The second kappa shape index (κ2) is 6.13. The van der Waals surface area contributed by atoms with Gasteiger partial charge in [0, 0.05) is 30.6 Å². The summed E-state index contributed by atoms with van der Waals surface area (Å²) in [7, 11) is 0. The van der Waals surface area contributed by atoms with Crippen molar-refractivity contribution in [3.8, 4) is 0 Å². The maximum absolute atomic E-state index is 5.69. The summed E-state index contributed by atoms with van der Waals surface area (Å²) in [6.45, 7) is 10.8. The van der Waals surface area contributed by atoms with E-state index in [1.54, 1.807) is 11.3 Å². The Balaban J connectivity index is 2.00. The van der Waals surface area contributed by atoms with Crippen molar-refractivity contribution in [3.63, 3.8) is 0 Å². The minimum Gasteiger partial charge on any atom is -0.371 e. The van der Waals surface area contributed by atoms with Crippen LogP contribution in [0.4, 0.5) is 0 Å². The molecule has 1 aliphatic rings. The Labute approximate surface area is 114 Å². The molecule has 0 amide bonds. The second-order valence-corrected chi connectivity index (χ2v) is 6.43. The van der Waals surface area contributed by atoms with Gasteiger partial charge in [-0.05, 0) is 40.5 Å². The van der Waals surface area contributed by atoms with Crippen LogP contribution in [0.25, 0.3) is 0 Å². The molecule has 4 heteroatoms. The van der Waals surface area contributed by atoms with E-state index in [-0.39, 0.29) is 6.10 Å². The van der Waals surface area contributed by atoms with Crippen LogP contribution in [0.15, 0.2) is 5.38 Å². The smallest absolute Gasteiger partial charge is 0.122 e. The van der Waals surface area contributed by atoms with Gasteiger partial charge in [0.25, 0.3) is 0 Å². The zero-order valence-electron chi connectivity index (χ0n) is 11.8. The molecule has 2 heterocycles. The van der Waals surface area contributed by atoms with Crippen LogP contribution in [0.2, 0.25) is 0 Å². The van der Waals surface area contributed by atoms with E-state index in [0.717, 1.165) is 24.6 Å². The zero-order chi connectivity index (χ0) is 13.1. The van der Waals surface area contributed by atoms with Gasteiger partial charge in [-0.3, -0.25) is 4.90 Å². The van der Waals surface area contributed by atoms with Gasteiger partial charge in [-0.25, -0.2) is 4.98 Å². The Hall–Kier alpha value is -0.450. The van der Waals surface area contributed by atoms with Crippen molar-refractivity contribution in [1.29, 1.82) is 0 Å². The lowest BCUT2D eigenvalue weighted by Gasteiger charge is -2.29. The quantitative estimate of drug-likeness (QED) is 0.815. The number of hydrogen-bond donors (Lipinski definition) is 0. The van der Waals surface area contributed by atoms with Crippen molar-refractivity contribution in [2.45, 2.75) is 65.3 Å². The number of rotatable bonds is 5. The Kier molecular flexibility index (Phi) is 4.76. The van der Waals surface area contributed by atoms with E-state index in [0.29, 0.717) is 12.1 Å². The minimum atomic E-state index is 0.260. The van der Waals surface area contributed by atoms with Crippen LogP contribution in [-0.4, -0.2) is 28.6 Å². The summed E-state index contributed by atoms with van der Waals surface area (Å²) >= 11 is 1.75. The second-order valence-electron chi connectivity index (χ2n) is 5.54. The lowest BCUT2D eigenvalue weighted by atomic mass is 10.2. The molecule has 0 aromatic carbocycles. The zero-order valence-corrected chi connectivity index (χ0v) is 12.7. The molecule has 1 saturated heterocycles. The highest BCUT2D eigenvalue weighted by Crippen LogP contribution is 2.31. The standard InChI is InChI=1S/C14H24N2OS/c1-10(2)16(11(3)4)8-12-9-18-14(15-12)13-6-5-7-17-13/h9-11,13H,5-8H2,1-4H3/t13-/m0/s1. The molecule has 0 N–H and O–H groups in total. The molecule has 0 bridgehead atoms. The summed E-state index contributed by atoms with van der Waals surface area (Å²) in [6.07, 6.45) is 2.56. The first-order valence-electron chi connectivity index (χ1n) is 6.89. The number of aromatic nitrogens is 1. The summed E-state index contributed by atoms with van der Waals surface area (Å²) in [4.78, 5) is 7.22. The maximum Gasteiger partial charge on any atom is 0.122 e. The highest BCUT2D eigenvalue weighted by atomic mass is 32.1. The fraction of sp³-hybridized carbons (Fsp3) is 0.786. The molecule has 0 saturated carbocycles. The Morgan fingerprint density at radius 2 is 2.11 bits per heavy atom. The van der Waals surface area contributed by atoms with Crippen LogP contribution in [-0.2, 0) is 11.3 Å². The number of thiazole rings is 1. The van der Waals surface area contributed by atoms with Crippen LogP contribution < -0.4 is 0 Å². The summed E-state index contributed by atoms with van der Waals surface area (Å²) in [6, 6.07) is 1.11. The molecule has 18 heavy (non-hydrogen) atoms. The van der Waals surface area contributed by atoms with E-state index in [4.69, 9.17) is 9.72 Å². The predicted octanol–water partition coefficient (Wildman–Crippen LogP) is 3.61.